The van der Waals surface area contributed by atoms with Crippen LogP contribution < -0.4 is 0 Å². The number of halogens is 2. The Morgan fingerprint density at radius 3 is 2.76 bits per heavy atom. The molecule has 0 fully saturated rings. The summed E-state index contributed by atoms with van der Waals surface area (Å²) in [7, 11) is 0. The van der Waals surface area contributed by atoms with Crippen LogP contribution in [0.5, 0.6) is 0 Å². The van der Waals surface area contributed by atoms with Crippen LogP contribution in [0.15, 0.2) is 23.6 Å². The minimum absolute atomic E-state index is 0.598. The van der Waals surface area contributed by atoms with Gasteiger partial charge in [0.2, 0.25) is 0 Å². The van der Waals surface area contributed by atoms with Crippen LogP contribution in [-0.2, 0) is 12.8 Å². The molecule has 0 radical (unpaired) electrons. The normalized spacial score (nSPS) is 10.8. The molecule has 0 spiro atoms. The summed E-state index contributed by atoms with van der Waals surface area (Å²) in [5, 5.41) is 4.47. The summed E-state index contributed by atoms with van der Waals surface area (Å²) in [4.78, 5) is 4.59. The predicted molar refractivity (Wildman–Crippen MR) is 75.4 cm³/mol. The molecule has 0 bridgehead atoms. The van der Waals surface area contributed by atoms with Gasteiger partial charge in [-0.3, -0.25) is 0 Å². The fourth-order valence-electron chi connectivity index (χ4n) is 1.63. The van der Waals surface area contributed by atoms with Crippen LogP contribution in [0.2, 0.25) is 10.0 Å². The Labute approximate surface area is 115 Å². The number of hydrogen-bond acceptors (Lipinski definition) is 2. The number of aromatic nitrogens is 1. The van der Waals surface area contributed by atoms with Gasteiger partial charge < -0.3 is 0 Å². The van der Waals surface area contributed by atoms with E-state index in [2.05, 4.69) is 17.3 Å². The first-order valence-electron chi connectivity index (χ1n) is 5.56. The molecule has 0 amide bonds. The van der Waals surface area contributed by atoms with Gasteiger partial charge in [0.05, 0.1) is 20.7 Å². The lowest BCUT2D eigenvalue weighted by Crippen LogP contribution is -1.89. The smallest absolute Gasteiger partial charge is 0.0972 e. The second-order valence-electron chi connectivity index (χ2n) is 3.91. The van der Waals surface area contributed by atoms with Crippen molar-refractivity contribution < 1.29 is 0 Å². The maximum atomic E-state index is 5.99. The van der Waals surface area contributed by atoms with Crippen LogP contribution in [0.25, 0.3) is 0 Å². The molecule has 0 aliphatic rings. The molecule has 2 aromatic rings. The van der Waals surface area contributed by atoms with E-state index in [0.717, 1.165) is 29.8 Å². The van der Waals surface area contributed by atoms with Crippen LogP contribution >= 0.6 is 34.5 Å². The topological polar surface area (TPSA) is 12.9 Å². The highest BCUT2D eigenvalue weighted by molar-refractivity contribution is 7.09. The van der Waals surface area contributed by atoms with Crippen molar-refractivity contribution in [3.05, 3.63) is 49.9 Å². The van der Waals surface area contributed by atoms with Crippen LogP contribution in [0, 0.1) is 0 Å². The van der Waals surface area contributed by atoms with Gasteiger partial charge in [-0.15, -0.1) is 11.3 Å². The van der Waals surface area contributed by atoms with E-state index >= 15 is 0 Å². The molecule has 1 nitrogen and oxygen atoms in total. The SMILES string of the molecule is CCCc1csc(Cc2ccc(Cl)c(Cl)c2)n1. The van der Waals surface area contributed by atoms with Crippen LogP contribution in [0.3, 0.4) is 0 Å². The van der Waals surface area contributed by atoms with Crippen molar-refractivity contribution in [2.75, 3.05) is 0 Å². The molecule has 90 valence electrons. The number of hydrogen-bond donors (Lipinski definition) is 0. The minimum Gasteiger partial charge on any atom is -0.246 e. The first-order valence-corrected chi connectivity index (χ1v) is 7.20. The van der Waals surface area contributed by atoms with E-state index < -0.39 is 0 Å². The van der Waals surface area contributed by atoms with E-state index in [4.69, 9.17) is 23.2 Å². The number of benzene rings is 1. The average Bonchev–Trinajstić information content (AvgIpc) is 2.72. The summed E-state index contributed by atoms with van der Waals surface area (Å²) in [6.07, 6.45) is 3.01. The van der Waals surface area contributed by atoms with Gasteiger partial charge in [0.15, 0.2) is 0 Å². The van der Waals surface area contributed by atoms with Crippen molar-refractivity contribution in [2.24, 2.45) is 0 Å². The molecule has 1 heterocycles. The highest BCUT2D eigenvalue weighted by atomic mass is 35.5. The predicted octanol–water partition coefficient (Wildman–Crippen LogP) is 4.99. The molecule has 17 heavy (non-hydrogen) atoms. The maximum absolute atomic E-state index is 5.99. The van der Waals surface area contributed by atoms with Gasteiger partial charge in [-0.1, -0.05) is 42.6 Å². The van der Waals surface area contributed by atoms with Gasteiger partial charge in [0.1, 0.15) is 0 Å². The lowest BCUT2D eigenvalue weighted by atomic mass is 10.1. The maximum Gasteiger partial charge on any atom is 0.0972 e. The van der Waals surface area contributed by atoms with Crippen LogP contribution in [-0.4, -0.2) is 4.98 Å². The lowest BCUT2D eigenvalue weighted by Gasteiger charge is -2.00. The van der Waals surface area contributed by atoms with Gasteiger partial charge in [0, 0.05) is 11.8 Å². The van der Waals surface area contributed by atoms with Gasteiger partial charge in [0.25, 0.3) is 0 Å². The lowest BCUT2D eigenvalue weighted by molar-refractivity contribution is 0.883. The van der Waals surface area contributed by atoms with Crippen molar-refractivity contribution >= 4 is 34.5 Å². The van der Waals surface area contributed by atoms with E-state index in [-0.39, 0.29) is 0 Å². The van der Waals surface area contributed by atoms with Crippen molar-refractivity contribution in [3.8, 4) is 0 Å². The largest absolute Gasteiger partial charge is 0.246 e. The Bertz CT molecular complexity index is 508. The van der Waals surface area contributed by atoms with Crippen LogP contribution in [0.1, 0.15) is 29.6 Å². The minimum atomic E-state index is 0.598. The second kappa shape index (κ2) is 5.85. The molecule has 0 aliphatic heterocycles. The van der Waals surface area contributed by atoms with Crippen molar-refractivity contribution in [2.45, 2.75) is 26.2 Å². The number of rotatable bonds is 4. The Kier molecular flexibility index (Phi) is 4.43. The number of thiazole rings is 1. The highest BCUT2D eigenvalue weighted by Gasteiger charge is 2.04. The summed E-state index contributed by atoms with van der Waals surface area (Å²) >= 11 is 13.6. The quantitative estimate of drug-likeness (QED) is 0.771. The Morgan fingerprint density at radius 1 is 1.24 bits per heavy atom. The average molecular weight is 286 g/mol. The first-order chi connectivity index (χ1) is 8.19. The van der Waals surface area contributed by atoms with Crippen molar-refractivity contribution in [1.29, 1.82) is 0 Å². The van der Waals surface area contributed by atoms with Crippen molar-refractivity contribution in [1.82, 2.24) is 4.98 Å². The summed E-state index contributed by atoms with van der Waals surface area (Å²) in [6, 6.07) is 5.74. The summed E-state index contributed by atoms with van der Waals surface area (Å²) in [6.45, 7) is 2.16. The second-order valence-corrected chi connectivity index (χ2v) is 5.66. The molecular weight excluding hydrogens is 273 g/mol. The molecule has 1 aromatic carbocycles. The molecule has 0 saturated carbocycles. The third-order valence-corrected chi connectivity index (χ3v) is 4.08. The van der Waals surface area contributed by atoms with E-state index in [0.29, 0.717) is 10.0 Å². The zero-order valence-electron chi connectivity index (χ0n) is 9.54. The first kappa shape index (κ1) is 12.9. The summed E-state index contributed by atoms with van der Waals surface area (Å²) in [5.41, 5.74) is 2.34. The monoisotopic (exact) mass is 285 g/mol. The molecule has 0 saturated heterocycles. The fourth-order valence-corrected chi connectivity index (χ4v) is 2.81. The van der Waals surface area contributed by atoms with E-state index in [9.17, 15) is 0 Å². The van der Waals surface area contributed by atoms with Gasteiger partial charge in [-0.25, -0.2) is 4.98 Å². The van der Waals surface area contributed by atoms with Crippen molar-refractivity contribution in [3.63, 3.8) is 0 Å². The standard InChI is InChI=1S/C13H13Cl2NS/c1-2-3-10-8-17-13(16-10)7-9-4-5-11(14)12(15)6-9/h4-6,8H,2-3,7H2,1H3. The zero-order valence-corrected chi connectivity index (χ0v) is 11.9. The zero-order chi connectivity index (χ0) is 12.3. The Morgan fingerprint density at radius 2 is 2.06 bits per heavy atom. The molecule has 1 aromatic heterocycles. The molecule has 4 heteroatoms. The van der Waals surface area contributed by atoms with Gasteiger partial charge in [-0.05, 0) is 24.1 Å². The third-order valence-electron chi connectivity index (χ3n) is 2.44. The number of nitrogens with zero attached hydrogens (tertiary/aromatic N) is 1. The molecular formula is C13H13Cl2NS. The number of aryl methyl sites for hydroxylation is 1. The fraction of sp³-hybridized carbons (Fsp3) is 0.308. The molecule has 0 atom stereocenters. The van der Waals surface area contributed by atoms with Gasteiger partial charge >= 0.3 is 0 Å². The highest BCUT2D eigenvalue weighted by Crippen LogP contribution is 2.24. The Hall–Kier alpha value is -0.570. The molecule has 0 unspecified atom stereocenters. The Balaban J connectivity index is 2.11. The van der Waals surface area contributed by atoms with E-state index in [1.807, 2.05) is 18.2 Å². The molecule has 0 N–H and O–H groups in total. The van der Waals surface area contributed by atoms with E-state index in [1.165, 1.54) is 5.69 Å². The molecule has 0 aliphatic carbocycles. The van der Waals surface area contributed by atoms with E-state index in [1.54, 1.807) is 11.3 Å². The molecule has 2 rings (SSSR count). The summed E-state index contributed by atoms with van der Waals surface area (Å²) in [5.74, 6) is 0. The van der Waals surface area contributed by atoms with Gasteiger partial charge in [-0.2, -0.15) is 0 Å². The summed E-state index contributed by atoms with van der Waals surface area (Å²) < 4.78 is 0. The van der Waals surface area contributed by atoms with Crippen LogP contribution in [0.4, 0.5) is 0 Å². The third kappa shape index (κ3) is 3.44.